The van der Waals surface area contributed by atoms with E-state index in [0.29, 0.717) is 5.75 Å². The molecular formula is C30H27IrN2O4-. The van der Waals surface area contributed by atoms with Crippen LogP contribution in [0.5, 0.6) is 11.5 Å². The zero-order valence-corrected chi connectivity index (χ0v) is 23.4. The van der Waals surface area contributed by atoms with Crippen LogP contribution in [0.25, 0.3) is 38.8 Å². The molecule has 0 amide bonds. The van der Waals surface area contributed by atoms with Gasteiger partial charge in [-0.25, -0.2) is 0 Å². The average molecular weight is 672 g/mol. The number of ether oxygens (including phenoxy) is 2. The van der Waals surface area contributed by atoms with Gasteiger partial charge in [0.15, 0.2) is 5.78 Å². The maximum Gasteiger partial charge on any atom is 0.155 e. The van der Waals surface area contributed by atoms with Crippen LogP contribution in [0.15, 0.2) is 90.8 Å². The van der Waals surface area contributed by atoms with Crippen LogP contribution < -0.4 is 9.47 Å². The van der Waals surface area contributed by atoms with Crippen molar-refractivity contribution < 1.29 is 39.5 Å². The van der Waals surface area contributed by atoms with Gasteiger partial charge in [-0.3, -0.25) is 4.79 Å². The van der Waals surface area contributed by atoms with Crippen LogP contribution >= 0.6 is 0 Å². The quantitative estimate of drug-likeness (QED) is 0.128. The van der Waals surface area contributed by atoms with Gasteiger partial charge < -0.3 is 24.1 Å². The van der Waals surface area contributed by atoms with E-state index in [1.807, 2.05) is 24.3 Å². The topological polar surface area (TPSA) is 73.6 Å². The normalized spacial score (nSPS) is 10.9. The van der Waals surface area contributed by atoms with E-state index >= 15 is 0 Å². The fraction of sp³-hybridized carbons (Fsp3) is 0.133. The van der Waals surface area contributed by atoms with Gasteiger partial charge in [-0.2, -0.15) is 0 Å². The van der Waals surface area contributed by atoms with Crippen molar-refractivity contribution in [1.82, 2.24) is 9.55 Å². The minimum atomic E-state index is -0.125. The van der Waals surface area contributed by atoms with Crippen molar-refractivity contribution in [2.24, 2.45) is 0 Å². The van der Waals surface area contributed by atoms with Gasteiger partial charge in [0, 0.05) is 59.9 Å². The summed E-state index contributed by atoms with van der Waals surface area (Å²) in [6.45, 7) is 2.85. The molecule has 0 aliphatic rings. The number of aliphatic hydroxyl groups is 1. The number of aromatic nitrogens is 2. The molecule has 2 aromatic heterocycles. The molecule has 7 heteroatoms. The molecule has 0 saturated carbocycles. The number of para-hydroxylation sites is 2. The Hall–Kier alpha value is -3.93. The minimum absolute atomic E-state index is 0. The third-order valence-electron chi connectivity index (χ3n) is 5.58. The molecule has 1 radical (unpaired) electrons. The van der Waals surface area contributed by atoms with E-state index in [0.717, 1.165) is 33.7 Å². The second kappa shape index (κ2) is 12.3. The van der Waals surface area contributed by atoms with Gasteiger partial charge in [0.05, 0.1) is 20.0 Å². The number of allylic oxidation sites excluding steroid dienone is 2. The Kier molecular flexibility index (Phi) is 9.23. The molecule has 191 valence electrons. The molecule has 3 aromatic carbocycles. The van der Waals surface area contributed by atoms with E-state index < -0.39 is 0 Å². The predicted octanol–water partition coefficient (Wildman–Crippen LogP) is 6.70. The molecule has 0 fully saturated rings. The number of hydrogen-bond acceptors (Lipinski definition) is 5. The maximum absolute atomic E-state index is 10.0. The number of aliphatic hydroxyl groups excluding tert-OH is 1. The van der Waals surface area contributed by atoms with E-state index in [-0.39, 0.29) is 31.6 Å². The van der Waals surface area contributed by atoms with Crippen LogP contribution in [0.1, 0.15) is 13.8 Å². The van der Waals surface area contributed by atoms with Crippen molar-refractivity contribution >= 4 is 27.6 Å². The molecule has 0 unspecified atom stereocenters. The summed E-state index contributed by atoms with van der Waals surface area (Å²) in [6.07, 6.45) is 2.89. The van der Waals surface area contributed by atoms with Gasteiger partial charge in [0.25, 0.3) is 0 Å². The van der Waals surface area contributed by atoms with Crippen LogP contribution in [0.4, 0.5) is 0 Å². The summed E-state index contributed by atoms with van der Waals surface area (Å²) in [6, 6.07) is 28.0. The van der Waals surface area contributed by atoms with Crippen molar-refractivity contribution in [3.63, 3.8) is 0 Å². The van der Waals surface area contributed by atoms with Gasteiger partial charge in [-0.15, -0.1) is 12.1 Å². The van der Waals surface area contributed by atoms with E-state index in [2.05, 4.69) is 64.1 Å². The number of fused-ring (bicyclic) bond motifs is 3. The van der Waals surface area contributed by atoms with Gasteiger partial charge in [-0.05, 0) is 49.5 Å². The maximum atomic E-state index is 10.0. The standard InChI is InChI=1S/C25H19N2O2.C5H8O2.Ir/c1-28-18-13-14-26-22(16-18)21-12-11-17(15-25(21)29-2)27-23-9-5-3-7-19(23)20-8-4-6-10-24(20)27;1-4(6)3-5(2)7;/h3-11,13-16H,1-2H3;3,6H,1-2H3;/q-1;;/b;4-3-;. The third kappa shape index (κ3) is 6.08. The molecule has 5 rings (SSSR count). The molecule has 1 N–H and O–H groups in total. The smallest absolute Gasteiger partial charge is 0.155 e. The van der Waals surface area contributed by atoms with Crippen LogP contribution in [0, 0.1) is 6.07 Å². The number of carbonyl (C=O) groups excluding carboxylic acids is 1. The molecule has 6 nitrogen and oxygen atoms in total. The first-order chi connectivity index (χ1) is 17.4. The first kappa shape index (κ1) is 27.7. The summed E-state index contributed by atoms with van der Waals surface area (Å²) in [5, 5.41) is 10.8. The fourth-order valence-corrected chi connectivity index (χ4v) is 4.13. The Morgan fingerprint density at radius 2 is 1.57 bits per heavy atom. The zero-order chi connectivity index (χ0) is 25.7. The molecule has 0 aliphatic heterocycles. The largest absolute Gasteiger partial charge is 0.540 e. The van der Waals surface area contributed by atoms with Crippen LogP contribution in [-0.2, 0) is 24.9 Å². The van der Waals surface area contributed by atoms with Crippen LogP contribution in [-0.4, -0.2) is 34.7 Å². The molecular weight excluding hydrogens is 645 g/mol. The fourth-order valence-electron chi connectivity index (χ4n) is 4.13. The van der Waals surface area contributed by atoms with Crippen LogP contribution in [0.3, 0.4) is 0 Å². The number of methoxy groups -OCH3 is 2. The molecule has 0 saturated heterocycles. The first-order valence-electron chi connectivity index (χ1n) is 11.4. The summed E-state index contributed by atoms with van der Waals surface area (Å²) in [5.41, 5.74) is 4.85. The van der Waals surface area contributed by atoms with Crippen molar-refractivity contribution in [3.05, 3.63) is 96.9 Å². The number of benzene rings is 3. The van der Waals surface area contributed by atoms with Crippen molar-refractivity contribution in [2.75, 3.05) is 14.2 Å². The number of nitrogens with zero attached hydrogens (tertiary/aromatic N) is 2. The Labute approximate surface area is 229 Å². The van der Waals surface area contributed by atoms with Crippen molar-refractivity contribution in [1.29, 1.82) is 0 Å². The van der Waals surface area contributed by atoms with Gasteiger partial charge in [-0.1, -0.05) is 48.0 Å². The average Bonchev–Trinajstić information content (AvgIpc) is 3.22. The molecule has 37 heavy (non-hydrogen) atoms. The molecule has 0 bridgehead atoms. The molecule has 5 aromatic rings. The Bertz CT molecular complexity index is 1520. The van der Waals surface area contributed by atoms with Gasteiger partial charge >= 0.3 is 0 Å². The Morgan fingerprint density at radius 3 is 2.08 bits per heavy atom. The van der Waals surface area contributed by atoms with E-state index in [1.165, 1.54) is 30.7 Å². The van der Waals surface area contributed by atoms with E-state index in [9.17, 15) is 4.79 Å². The van der Waals surface area contributed by atoms with E-state index in [4.69, 9.17) is 14.6 Å². The summed E-state index contributed by atoms with van der Waals surface area (Å²) in [7, 11) is 3.31. The summed E-state index contributed by atoms with van der Waals surface area (Å²) >= 11 is 0. The predicted molar refractivity (Wildman–Crippen MR) is 143 cm³/mol. The van der Waals surface area contributed by atoms with Gasteiger partial charge in [0.2, 0.25) is 0 Å². The second-order valence-corrected chi connectivity index (χ2v) is 8.15. The van der Waals surface area contributed by atoms with E-state index in [1.54, 1.807) is 20.4 Å². The second-order valence-electron chi connectivity index (χ2n) is 8.15. The minimum Gasteiger partial charge on any atom is -0.540 e. The number of carbonyl (C=O) groups is 1. The van der Waals surface area contributed by atoms with Crippen LogP contribution in [0.2, 0.25) is 0 Å². The summed E-state index contributed by atoms with van der Waals surface area (Å²) in [4.78, 5) is 14.5. The van der Waals surface area contributed by atoms with Crippen molar-refractivity contribution in [2.45, 2.75) is 13.8 Å². The monoisotopic (exact) mass is 672 g/mol. The number of hydrogen-bond donors (Lipinski definition) is 1. The Balaban J connectivity index is 0.000000422. The SMILES string of the molecule is CC(=O)/C=C(/C)O.COc1ccnc(-c2[c-]cc(-n3c4ccccc4c4ccccc43)cc2OC)c1.[Ir]. The zero-order valence-electron chi connectivity index (χ0n) is 21.0. The summed E-state index contributed by atoms with van der Waals surface area (Å²) in [5.74, 6) is 1.40. The molecule has 0 atom stereocenters. The van der Waals surface area contributed by atoms with Gasteiger partial charge in [0.1, 0.15) is 5.75 Å². The Morgan fingerprint density at radius 1 is 0.946 bits per heavy atom. The number of ketones is 1. The number of rotatable bonds is 5. The number of pyridine rings is 1. The summed E-state index contributed by atoms with van der Waals surface area (Å²) < 4.78 is 13.3. The molecule has 2 heterocycles. The van der Waals surface area contributed by atoms with Crippen molar-refractivity contribution in [3.8, 4) is 28.4 Å². The molecule has 0 aliphatic carbocycles. The molecule has 0 spiro atoms. The first-order valence-corrected chi connectivity index (χ1v) is 11.4. The third-order valence-corrected chi connectivity index (χ3v) is 5.58.